The predicted octanol–water partition coefficient (Wildman–Crippen LogP) is 2.10. The number of carbonyl (C=O) groups is 5. The zero-order chi connectivity index (χ0) is 27.2. The van der Waals surface area contributed by atoms with E-state index in [2.05, 4.69) is 10.3 Å². The summed E-state index contributed by atoms with van der Waals surface area (Å²) in [5.74, 6) is -5.31. The number of esters is 4. The van der Waals surface area contributed by atoms with Crippen molar-refractivity contribution >= 4 is 41.4 Å². The molecule has 11 nitrogen and oxygen atoms in total. The maximum absolute atomic E-state index is 13.0. The largest absolute Gasteiger partial charge is 0.463 e. The first-order valence-corrected chi connectivity index (χ1v) is 12.0. The predicted molar refractivity (Wildman–Crippen MR) is 126 cm³/mol. The van der Waals surface area contributed by atoms with Crippen LogP contribution in [0, 0.1) is 18.8 Å². The molecular formula is C24H31ClN2O9. The van der Waals surface area contributed by atoms with E-state index >= 15 is 0 Å². The summed E-state index contributed by atoms with van der Waals surface area (Å²) in [6, 6.07) is 0.123. The molecule has 1 aliphatic heterocycles. The highest BCUT2D eigenvalue weighted by Crippen LogP contribution is 2.25. The number of aryl methyl sites for hydroxylation is 1. The molecule has 5 unspecified atom stereocenters. The fraction of sp³-hybridized carbons (Fsp3) is 0.583. The van der Waals surface area contributed by atoms with Crippen molar-refractivity contribution in [2.45, 2.75) is 71.6 Å². The third-order valence-electron chi connectivity index (χ3n) is 5.45. The number of aromatic nitrogens is 1. The van der Waals surface area contributed by atoms with Gasteiger partial charge in [0.15, 0.2) is 23.6 Å². The van der Waals surface area contributed by atoms with Crippen LogP contribution < -0.4 is 10.1 Å². The van der Waals surface area contributed by atoms with Gasteiger partial charge in [0.25, 0.3) is 5.91 Å². The molecule has 0 spiro atoms. The van der Waals surface area contributed by atoms with Crippen molar-refractivity contribution in [3.8, 4) is 5.75 Å². The molecule has 0 aromatic carbocycles. The molecule has 12 heteroatoms. The van der Waals surface area contributed by atoms with Gasteiger partial charge in [-0.3, -0.25) is 19.2 Å². The van der Waals surface area contributed by atoms with Crippen molar-refractivity contribution in [2.24, 2.45) is 11.8 Å². The van der Waals surface area contributed by atoms with E-state index in [0.717, 1.165) is 0 Å². The maximum Gasteiger partial charge on any atom is 0.332 e. The summed E-state index contributed by atoms with van der Waals surface area (Å²) in [6.07, 6.45) is -0.490. The van der Waals surface area contributed by atoms with E-state index in [1.165, 1.54) is 26.1 Å². The molecule has 1 N–H and O–H groups in total. The van der Waals surface area contributed by atoms with E-state index < -0.39 is 71.9 Å². The van der Waals surface area contributed by atoms with Crippen molar-refractivity contribution < 1.29 is 42.9 Å². The topological polar surface area (TPSA) is 147 Å². The van der Waals surface area contributed by atoms with Crippen LogP contribution in [0.3, 0.4) is 0 Å². The molecule has 1 saturated heterocycles. The summed E-state index contributed by atoms with van der Waals surface area (Å²) in [6.45, 7) is 8.95. The van der Waals surface area contributed by atoms with Crippen molar-refractivity contribution in [3.63, 3.8) is 0 Å². The molecule has 0 radical (unpaired) electrons. The molecule has 0 bridgehead atoms. The van der Waals surface area contributed by atoms with E-state index in [-0.39, 0.29) is 17.9 Å². The number of carbonyl (C=O) groups excluding carboxylic acids is 5. The summed E-state index contributed by atoms with van der Waals surface area (Å²) < 4.78 is 21.4. The van der Waals surface area contributed by atoms with Gasteiger partial charge in [0.2, 0.25) is 0 Å². The van der Waals surface area contributed by atoms with Crippen LogP contribution in [0.4, 0.5) is 0 Å². The molecule has 198 valence electrons. The average molecular weight is 527 g/mol. The number of ether oxygens (including phenoxy) is 4. The number of pyridine rings is 1. The van der Waals surface area contributed by atoms with E-state index in [1.54, 1.807) is 27.7 Å². The van der Waals surface area contributed by atoms with Gasteiger partial charge in [0.05, 0.1) is 11.8 Å². The SMILES string of the molecule is CCC1C(=O)OCC(NC(=O)c2nccc(C)c2OC(=O)C(C)Cl)C(=O)OC(C)C1OC(=O)C(C)C. The Balaban J connectivity index is 2.29. The van der Waals surface area contributed by atoms with Gasteiger partial charge >= 0.3 is 23.9 Å². The lowest BCUT2D eigenvalue weighted by Crippen LogP contribution is -2.47. The van der Waals surface area contributed by atoms with E-state index in [9.17, 15) is 24.0 Å². The lowest BCUT2D eigenvalue weighted by molar-refractivity contribution is -0.176. The summed E-state index contributed by atoms with van der Waals surface area (Å²) in [7, 11) is 0. The highest BCUT2D eigenvalue weighted by molar-refractivity contribution is 6.29. The Morgan fingerprint density at radius 2 is 1.86 bits per heavy atom. The molecule has 1 fully saturated rings. The van der Waals surface area contributed by atoms with E-state index in [0.29, 0.717) is 5.56 Å². The third-order valence-corrected chi connectivity index (χ3v) is 5.63. The third kappa shape index (κ3) is 7.16. The Bertz CT molecular complexity index is 1010. The Labute approximate surface area is 214 Å². The maximum atomic E-state index is 13.0. The van der Waals surface area contributed by atoms with Gasteiger partial charge in [-0.2, -0.15) is 0 Å². The Kier molecular flexibility index (Phi) is 10.2. The quantitative estimate of drug-likeness (QED) is 0.318. The van der Waals surface area contributed by atoms with Gasteiger partial charge in [-0.1, -0.05) is 20.8 Å². The monoisotopic (exact) mass is 526 g/mol. The van der Waals surface area contributed by atoms with Crippen molar-refractivity contribution in [3.05, 3.63) is 23.5 Å². The van der Waals surface area contributed by atoms with Crippen LogP contribution in [0.5, 0.6) is 5.75 Å². The first-order valence-electron chi connectivity index (χ1n) is 11.6. The zero-order valence-corrected chi connectivity index (χ0v) is 21.8. The van der Waals surface area contributed by atoms with Crippen LogP contribution in [0.25, 0.3) is 0 Å². The standard InChI is InChI=1S/C24H31ClN2O9/c1-7-15-19(36-21(29)11(2)3)14(6)34-24(32)16(10-33-23(15)31)27-20(28)17-18(12(4)8-9-26-17)35-22(30)13(5)25/h8-9,11,13-16,19H,7,10H2,1-6H3,(H,27,28). The summed E-state index contributed by atoms with van der Waals surface area (Å²) >= 11 is 5.76. The second kappa shape index (κ2) is 12.7. The minimum Gasteiger partial charge on any atom is -0.463 e. The highest BCUT2D eigenvalue weighted by atomic mass is 35.5. The summed E-state index contributed by atoms with van der Waals surface area (Å²) in [5.41, 5.74) is 0.154. The van der Waals surface area contributed by atoms with Gasteiger partial charge in [-0.25, -0.2) is 9.78 Å². The normalized spacial score (nSPS) is 23.3. The fourth-order valence-electron chi connectivity index (χ4n) is 3.33. The molecule has 2 rings (SSSR count). The van der Waals surface area contributed by atoms with Gasteiger partial charge in [-0.05, 0) is 38.8 Å². The highest BCUT2D eigenvalue weighted by Gasteiger charge is 2.41. The second-order valence-corrected chi connectivity index (χ2v) is 9.37. The van der Waals surface area contributed by atoms with Gasteiger partial charge < -0.3 is 24.3 Å². The van der Waals surface area contributed by atoms with Gasteiger partial charge in [0, 0.05) is 6.20 Å². The molecule has 0 aliphatic carbocycles. The Morgan fingerprint density at radius 1 is 1.19 bits per heavy atom. The molecule has 1 aromatic rings. The van der Waals surface area contributed by atoms with Crippen LogP contribution in [0.2, 0.25) is 0 Å². The molecule has 1 aromatic heterocycles. The molecular weight excluding hydrogens is 496 g/mol. The zero-order valence-electron chi connectivity index (χ0n) is 21.0. The molecule has 2 heterocycles. The van der Waals surface area contributed by atoms with Crippen LogP contribution in [-0.4, -0.2) is 65.0 Å². The number of alkyl halides is 1. The summed E-state index contributed by atoms with van der Waals surface area (Å²) in [4.78, 5) is 66.9. The number of nitrogens with zero attached hydrogens (tertiary/aromatic N) is 1. The van der Waals surface area contributed by atoms with Gasteiger partial charge in [-0.15, -0.1) is 11.6 Å². The molecule has 1 amide bonds. The minimum absolute atomic E-state index is 0.124. The Hall–Kier alpha value is -3.21. The molecule has 0 saturated carbocycles. The Morgan fingerprint density at radius 3 is 2.44 bits per heavy atom. The number of halogens is 1. The van der Waals surface area contributed by atoms with Crippen LogP contribution in [0.1, 0.15) is 57.1 Å². The van der Waals surface area contributed by atoms with Crippen LogP contribution in [0.15, 0.2) is 12.3 Å². The second-order valence-electron chi connectivity index (χ2n) is 8.71. The van der Waals surface area contributed by atoms with E-state index in [1.807, 2.05) is 0 Å². The minimum atomic E-state index is -1.40. The van der Waals surface area contributed by atoms with Crippen molar-refractivity contribution in [1.29, 1.82) is 0 Å². The van der Waals surface area contributed by atoms with E-state index in [4.69, 9.17) is 30.5 Å². The molecule has 36 heavy (non-hydrogen) atoms. The van der Waals surface area contributed by atoms with Crippen molar-refractivity contribution in [2.75, 3.05) is 6.61 Å². The van der Waals surface area contributed by atoms with Gasteiger partial charge in [0.1, 0.15) is 18.1 Å². The number of nitrogens with one attached hydrogen (secondary N) is 1. The lowest BCUT2D eigenvalue weighted by atomic mass is 9.95. The van der Waals surface area contributed by atoms with Crippen LogP contribution >= 0.6 is 11.6 Å². The number of cyclic esters (lactones) is 2. The number of amides is 1. The number of rotatable bonds is 7. The van der Waals surface area contributed by atoms with Crippen LogP contribution in [-0.2, 0) is 33.4 Å². The first-order chi connectivity index (χ1) is 16.9. The number of hydrogen-bond donors (Lipinski definition) is 1. The average Bonchev–Trinajstić information content (AvgIpc) is 2.84. The molecule has 1 aliphatic rings. The lowest BCUT2D eigenvalue weighted by Gasteiger charge is -2.29. The molecule has 5 atom stereocenters. The number of hydrogen-bond acceptors (Lipinski definition) is 10. The smallest absolute Gasteiger partial charge is 0.332 e. The fourth-order valence-corrected chi connectivity index (χ4v) is 3.37. The van der Waals surface area contributed by atoms with Crippen molar-refractivity contribution in [1.82, 2.24) is 10.3 Å². The first kappa shape index (κ1) is 29.0. The summed E-state index contributed by atoms with van der Waals surface area (Å²) in [5, 5.41) is 1.44.